The van der Waals surface area contributed by atoms with Crippen LogP contribution in [0.15, 0.2) is 23.8 Å². The minimum atomic E-state index is -0.636. The molecular formula is C33H51NO5. The van der Waals surface area contributed by atoms with Crippen LogP contribution in [0.3, 0.4) is 0 Å². The predicted octanol–water partition coefficient (Wildman–Crippen LogP) is 7.28. The number of rotatable bonds is 9. The minimum Gasteiger partial charge on any atom is -0.492 e. The van der Waals surface area contributed by atoms with Gasteiger partial charge in [-0.15, -0.1) is 4.73 Å². The lowest BCUT2D eigenvalue weighted by atomic mass is 9.47. The number of hydrogen-bond donors (Lipinski definition) is 2. The summed E-state index contributed by atoms with van der Waals surface area (Å²) in [4.78, 5) is 17.3. The lowest BCUT2D eigenvalue weighted by Gasteiger charge is -2.58. The molecule has 0 spiro atoms. The summed E-state index contributed by atoms with van der Waals surface area (Å²) in [6, 6.07) is 2.53. The van der Waals surface area contributed by atoms with Gasteiger partial charge in [0.15, 0.2) is 0 Å². The van der Waals surface area contributed by atoms with E-state index in [0.29, 0.717) is 10.1 Å². The van der Waals surface area contributed by atoms with E-state index in [1.165, 1.54) is 69.1 Å². The van der Waals surface area contributed by atoms with Crippen molar-refractivity contribution in [1.82, 2.24) is 4.73 Å². The monoisotopic (exact) mass is 541 g/mol. The Balaban J connectivity index is 1.19. The van der Waals surface area contributed by atoms with E-state index < -0.39 is 5.97 Å². The molecule has 1 aromatic rings. The molecule has 0 radical (unpaired) electrons. The number of carbonyl (C=O) groups excluding carboxylic acids is 1. The molecule has 2 N–H and O–H groups in total. The molecule has 3 fully saturated rings. The van der Waals surface area contributed by atoms with Crippen LogP contribution in [0.2, 0.25) is 0 Å². The van der Waals surface area contributed by atoms with Crippen molar-refractivity contribution in [2.24, 2.45) is 46.3 Å². The van der Waals surface area contributed by atoms with Gasteiger partial charge in [0.25, 0.3) is 0 Å². The number of aromatic hydroxyl groups is 2. The van der Waals surface area contributed by atoms with E-state index in [1.54, 1.807) is 0 Å². The van der Waals surface area contributed by atoms with E-state index in [-0.39, 0.29) is 29.9 Å². The number of allylic oxidation sites excluding steroid dienone is 1. The minimum absolute atomic E-state index is 0.00307. The van der Waals surface area contributed by atoms with Crippen molar-refractivity contribution in [1.29, 1.82) is 0 Å². The third-order valence-corrected chi connectivity index (χ3v) is 11.7. The molecule has 8 atom stereocenters. The summed E-state index contributed by atoms with van der Waals surface area (Å²) in [5.41, 5.74) is 2.28. The van der Waals surface area contributed by atoms with Crippen molar-refractivity contribution in [3.8, 4) is 11.8 Å². The molecular weight excluding hydrogens is 490 g/mol. The van der Waals surface area contributed by atoms with Crippen molar-refractivity contribution in [2.45, 2.75) is 111 Å². The van der Waals surface area contributed by atoms with Gasteiger partial charge < -0.3 is 19.8 Å². The Hall–Kier alpha value is -1.95. The third-order valence-electron chi connectivity index (χ3n) is 11.7. The van der Waals surface area contributed by atoms with E-state index in [0.717, 1.165) is 54.8 Å². The van der Waals surface area contributed by atoms with Gasteiger partial charge in [-0.05, 0) is 97.7 Å². The molecule has 0 aliphatic heterocycles. The molecule has 218 valence electrons. The second-order valence-corrected chi connectivity index (χ2v) is 14.3. The maximum Gasteiger partial charge on any atom is 0.358 e. The predicted molar refractivity (Wildman–Crippen MR) is 152 cm³/mol. The van der Waals surface area contributed by atoms with Crippen LogP contribution in [0.1, 0.15) is 105 Å². The van der Waals surface area contributed by atoms with Crippen LogP contribution in [0.4, 0.5) is 0 Å². The van der Waals surface area contributed by atoms with Gasteiger partial charge in [0.05, 0.1) is 6.10 Å². The highest BCUT2D eigenvalue weighted by atomic mass is 16.7. The van der Waals surface area contributed by atoms with Gasteiger partial charge >= 0.3 is 5.97 Å². The molecule has 0 amide bonds. The summed E-state index contributed by atoms with van der Waals surface area (Å²) in [6.07, 6.45) is 16.4. The molecule has 5 unspecified atom stereocenters. The zero-order valence-corrected chi connectivity index (χ0v) is 24.8. The Morgan fingerprint density at radius 2 is 1.77 bits per heavy atom. The topological polar surface area (TPSA) is 80.9 Å². The fraction of sp³-hybridized carbons (Fsp3) is 0.788. The maximum absolute atomic E-state index is 12.3. The molecule has 1 aromatic heterocycles. The molecule has 6 nitrogen and oxygen atoms in total. The first-order valence-electron chi connectivity index (χ1n) is 15.6. The van der Waals surface area contributed by atoms with Crippen LogP contribution in [-0.4, -0.2) is 33.6 Å². The van der Waals surface area contributed by atoms with Gasteiger partial charge in [-0.3, -0.25) is 0 Å². The number of carbonyl (C=O) groups is 1. The highest BCUT2D eigenvalue weighted by molar-refractivity contribution is 5.71. The van der Waals surface area contributed by atoms with Crippen LogP contribution in [0.5, 0.6) is 11.8 Å². The first-order valence-corrected chi connectivity index (χ1v) is 15.6. The fourth-order valence-electron chi connectivity index (χ4n) is 9.60. The van der Waals surface area contributed by atoms with E-state index in [2.05, 4.69) is 40.7 Å². The van der Waals surface area contributed by atoms with Crippen molar-refractivity contribution >= 4 is 5.97 Å². The Bertz CT molecular complexity index is 1040. The van der Waals surface area contributed by atoms with Crippen LogP contribution < -0.4 is 4.84 Å². The number of ether oxygens (including phenoxy) is 1. The van der Waals surface area contributed by atoms with Gasteiger partial charge in [-0.25, -0.2) is 4.79 Å². The molecule has 0 bridgehead atoms. The molecule has 0 aromatic carbocycles. The van der Waals surface area contributed by atoms with Crippen molar-refractivity contribution in [3.63, 3.8) is 0 Å². The lowest BCUT2D eigenvalue weighted by molar-refractivity contribution is -0.153. The van der Waals surface area contributed by atoms with Crippen LogP contribution in [0.25, 0.3) is 0 Å². The summed E-state index contributed by atoms with van der Waals surface area (Å²) in [6.45, 7) is 12.2. The molecule has 0 saturated heterocycles. The number of nitrogens with zero attached hydrogens (tertiary/aromatic N) is 1. The summed E-state index contributed by atoms with van der Waals surface area (Å²) in [5, 5.41) is 19.4. The first kappa shape index (κ1) is 28.6. The first-order chi connectivity index (χ1) is 18.5. The standard InChI is InChI=1S/C33H51NO5/c1-21(2)7-6-8-22(3)26-11-12-27-25-10-9-23-19-24(15-17-32(23,4)28(25)16-18-33(26,27)5)38-20-31(37)39-34-29(35)13-14-30(34)36/h9,13-14,21-22,24-28,35-36H,6-8,10-12,15-20H2,1-5H3/t22?,24-,25?,26?,27?,28?,32-,33+/m0/s1. The van der Waals surface area contributed by atoms with Crippen LogP contribution in [-0.2, 0) is 9.53 Å². The summed E-state index contributed by atoms with van der Waals surface area (Å²) in [7, 11) is 0. The second-order valence-electron chi connectivity index (χ2n) is 14.3. The smallest absolute Gasteiger partial charge is 0.358 e. The largest absolute Gasteiger partial charge is 0.492 e. The van der Waals surface area contributed by atoms with Gasteiger partial charge in [0, 0.05) is 12.1 Å². The molecule has 1 heterocycles. The highest BCUT2D eigenvalue weighted by Crippen LogP contribution is 2.67. The van der Waals surface area contributed by atoms with Gasteiger partial charge in [-0.2, -0.15) is 0 Å². The molecule has 4 aliphatic rings. The van der Waals surface area contributed by atoms with Gasteiger partial charge in [-0.1, -0.05) is 65.5 Å². The fourth-order valence-corrected chi connectivity index (χ4v) is 9.60. The zero-order chi connectivity index (χ0) is 27.9. The van der Waals surface area contributed by atoms with Gasteiger partial charge in [0.1, 0.15) is 6.61 Å². The Kier molecular flexibility index (Phi) is 8.16. The summed E-state index contributed by atoms with van der Waals surface area (Å²) >= 11 is 0. The quantitative estimate of drug-likeness (QED) is 0.321. The second kappa shape index (κ2) is 11.1. The number of fused-ring (bicyclic) bond motifs is 5. The van der Waals surface area contributed by atoms with E-state index >= 15 is 0 Å². The Morgan fingerprint density at radius 3 is 2.49 bits per heavy atom. The molecule has 3 saturated carbocycles. The number of hydrogen-bond acceptors (Lipinski definition) is 5. The molecule has 39 heavy (non-hydrogen) atoms. The number of aromatic nitrogens is 1. The molecule has 4 aliphatic carbocycles. The highest BCUT2D eigenvalue weighted by Gasteiger charge is 2.59. The SMILES string of the molecule is CC(C)CCCC(C)C1CCC2C3CC=C4C[C@@H](OCC(=O)On5c(O)ccc5O)CC[C@]4(C)C3CC[C@]12C. The summed E-state index contributed by atoms with van der Waals surface area (Å²) < 4.78 is 6.70. The average molecular weight is 542 g/mol. The van der Waals surface area contributed by atoms with Crippen LogP contribution in [0, 0.1) is 46.3 Å². The normalized spacial score (nSPS) is 36.6. The Morgan fingerprint density at radius 1 is 1.03 bits per heavy atom. The van der Waals surface area contributed by atoms with Crippen molar-refractivity contribution in [2.75, 3.05) is 6.61 Å². The van der Waals surface area contributed by atoms with Crippen LogP contribution >= 0.6 is 0 Å². The average Bonchev–Trinajstić information content (AvgIpc) is 3.41. The maximum atomic E-state index is 12.3. The zero-order valence-electron chi connectivity index (χ0n) is 24.8. The van der Waals surface area contributed by atoms with E-state index in [1.807, 2.05) is 0 Å². The van der Waals surface area contributed by atoms with Crippen molar-refractivity contribution in [3.05, 3.63) is 23.8 Å². The molecule has 6 heteroatoms. The van der Waals surface area contributed by atoms with Crippen molar-refractivity contribution < 1.29 is 24.6 Å². The summed E-state index contributed by atoms with van der Waals surface area (Å²) in [5.74, 6) is 3.67. The van der Waals surface area contributed by atoms with E-state index in [4.69, 9.17) is 9.57 Å². The van der Waals surface area contributed by atoms with E-state index in [9.17, 15) is 15.0 Å². The molecule has 5 rings (SSSR count). The lowest BCUT2D eigenvalue weighted by Crippen LogP contribution is -2.51. The van der Waals surface area contributed by atoms with Gasteiger partial charge in [0.2, 0.25) is 11.8 Å². The third kappa shape index (κ3) is 5.39. The Labute approximate surface area is 235 Å².